The van der Waals surface area contributed by atoms with E-state index in [9.17, 15) is 18.0 Å². The minimum Gasteiger partial charge on any atom is -0.497 e. The van der Waals surface area contributed by atoms with Crippen molar-refractivity contribution < 1.29 is 32.2 Å². The number of benzene rings is 3. The molecule has 0 saturated carbocycles. The average molecular weight is 612 g/mol. The van der Waals surface area contributed by atoms with E-state index in [-0.39, 0.29) is 29.1 Å². The maximum Gasteiger partial charge on any atom is 0.264 e. The summed E-state index contributed by atoms with van der Waals surface area (Å²) < 4.78 is 45.3. The number of nitrogens with zero attached hydrogens (tertiary/aromatic N) is 2. The Labute approximate surface area is 254 Å². The Morgan fingerprint density at radius 1 is 0.884 bits per heavy atom. The van der Waals surface area contributed by atoms with E-state index >= 15 is 0 Å². The summed E-state index contributed by atoms with van der Waals surface area (Å²) in [4.78, 5) is 28.6. The monoisotopic (exact) mass is 611 g/mol. The number of nitrogens with one attached hydrogen (secondary N) is 1. The maximum absolute atomic E-state index is 14.1. The lowest BCUT2D eigenvalue weighted by molar-refractivity contribution is -0.139. The van der Waals surface area contributed by atoms with Gasteiger partial charge >= 0.3 is 0 Å². The normalized spacial score (nSPS) is 12.5. The molecule has 2 unspecified atom stereocenters. The van der Waals surface area contributed by atoms with Gasteiger partial charge in [-0.2, -0.15) is 0 Å². The largest absolute Gasteiger partial charge is 0.497 e. The van der Waals surface area contributed by atoms with Crippen molar-refractivity contribution >= 4 is 27.5 Å². The molecule has 232 valence electrons. The van der Waals surface area contributed by atoms with Crippen molar-refractivity contribution in [3.05, 3.63) is 77.9 Å². The van der Waals surface area contributed by atoms with Crippen molar-refractivity contribution in [3.63, 3.8) is 0 Å². The van der Waals surface area contributed by atoms with Crippen molar-refractivity contribution in [1.82, 2.24) is 10.2 Å². The highest BCUT2D eigenvalue weighted by atomic mass is 32.2. The third-order valence-corrected chi connectivity index (χ3v) is 8.97. The Morgan fingerprint density at radius 3 is 2.16 bits per heavy atom. The molecular formula is C32H41N3O7S. The second-order valence-corrected chi connectivity index (χ2v) is 12.1. The van der Waals surface area contributed by atoms with Crippen LogP contribution in [0.15, 0.2) is 71.6 Å². The van der Waals surface area contributed by atoms with Gasteiger partial charge in [-0.3, -0.25) is 13.9 Å². The van der Waals surface area contributed by atoms with E-state index in [1.165, 1.54) is 37.3 Å². The number of ether oxygens (including phenoxy) is 3. The lowest BCUT2D eigenvalue weighted by atomic mass is 10.1. The number of methoxy groups -OCH3 is 3. The van der Waals surface area contributed by atoms with Gasteiger partial charge in [-0.15, -0.1) is 0 Å². The van der Waals surface area contributed by atoms with E-state index in [1.54, 1.807) is 56.5 Å². The van der Waals surface area contributed by atoms with Crippen LogP contribution in [0.25, 0.3) is 0 Å². The molecular weight excluding hydrogens is 570 g/mol. The van der Waals surface area contributed by atoms with Crippen molar-refractivity contribution in [3.8, 4) is 17.2 Å². The van der Waals surface area contributed by atoms with Gasteiger partial charge in [0.25, 0.3) is 10.0 Å². The molecule has 11 heteroatoms. The van der Waals surface area contributed by atoms with Crippen LogP contribution in [0.4, 0.5) is 5.69 Å². The summed E-state index contributed by atoms with van der Waals surface area (Å²) in [5, 5.41) is 2.93. The van der Waals surface area contributed by atoms with Crippen LogP contribution >= 0.6 is 0 Å². The second-order valence-electron chi connectivity index (χ2n) is 10.2. The molecule has 0 aliphatic carbocycles. The summed E-state index contributed by atoms with van der Waals surface area (Å²) in [6, 6.07) is 17.3. The van der Waals surface area contributed by atoms with Crippen molar-refractivity contribution in [2.45, 2.75) is 57.6 Å². The molecule has 0 spiro atoms. The summed E-state index contributed by atoms with van der Waals surface area (Å²) in [7, 11) is 0.140. The first-order valence-electron chi connectivity index (χ1n) is 14.0. The molecule has 3 aromatic carbocycles. The van der Waals surface area contributed by atoms with Gasteiger partial charge < -0.3 is 24.4 Å². The van der Waals surface area contributed by atoms with E-state index in [0.717, 1.165) is 15.4 Å². The van der Waals surface area contributed by atoms with Gasteiger partial charge in [0.2, 0.25) is 11.8 Å². The summed E-state index contributed by atoms with van der Waals surface area (Å²) >= 11 is 0. The van der Waals surface area contributed by atoms with E-state index in [0.29, 0.717) is 23.6 Å². The Hall–Kier alpha value is -4.25. The highest BCUT2D eigenvalue weighted by molar-refractivity contribution is 7.92. The third kappa shape index (κ3) is 8.19. The zero-order valence-electron chi connectivity index (χ0n) is 25.8. The molecule has 0 saturated heterocycles. The second kappa shape index (κ2) is 14.8. The first kappa shape index (κ1) is 33.3. The van der Waals surface area contributed by atoms with Crippen LogP contribution in [0, 0.1) is 6.92 Å². The summed E-state index contributed by atoms with van der Waals surface area (Å²) in [5.74, 6) is 0.298. The fraction of sp³-hybridized carbons (Fsp3) is 0.375. The first-order valence-corrected chi connectivity index (χ1v) is 15.4. The smallest absolute Gasteiger partial charge is 0.264 e. The number of anilines is 1. The molecule has 10 nitrogen and oxygen atoms in total. The van der Waals surface area contributed by atoms with Crippen molar-refractivity contribution in [2.75, 3.05) is 32.2 Å². The van der Waals surface area contributed by atoms with Crippen LogP contribution in [0.5, 0.6) is 17.2 Å². The Morgan fingerprint density at radius 2 is 1.56 bits per heavy atom. The van der Waals surface area contributed by atoms with Gasteiger partial charge in [0.15, 0.2) is 11.5 Å². The van der Waals surface area contributed by atoms with Crippen LogP contribution in [0.2, 0.25) is 0 Å². The summed E-state index contributed by atoms with van der Waals surface area (Å²) in [6.45, 7) is 6.86. The topological polar surface area (TPSA) is 114 Å². The third-order valence-electron chi connectivity index (χ3n) is 7.20. The number of aryl methyl sites for hydroxylation is 1. The SMILES string of the molecule is CCC(C)NC(=O)C(C)N(Cc1cccc(OC)c1)C(=O)CN(c1ccc(C)cc1)S(=O)(=O)c1ccc(OC)c(OC)c1. The first-order chi connectivity index (χ1) is 20.4. The summed E-state index contributed by atoms with van der Waals surface area (Å²) in [5.41, 5.74) is 1.95. The zero-order chi connectivity index (χ0) is 31.7. The highest BCUT2D eigenvalue weighted by Crippen LogP contribution is 2.32. The van der Waals surface area contributed by atoms with E-state index in [4.69, 9.17) is 14.2 Å². The molecule has 0 aliphatic heterocycles. The predicted molar refractivity (Wildman–Crippen MR) is 166 cm³/mol. The number of sulfonamides is 1. The van der Waals surface area contributed by atoms with E-state index < -0.39 is 28.5 Å². The minimum absolute atomic E-state index is 0.0588. The number of rotatable bonds is 14. The molecule has 0 heterocycles. The number of carbonyl (C=O) groups excluding carboxylic acids is 2. The van der Waals surface area contributed by atoms with E-state index in [2.05, 4.69) is 5.32 Å². The number of hydrogen-bond donors (Lipinski definition) is 1. The highest BCUT2D eigenvalue weighted by Gasteiger charge is 2.33. The van der Waals surface area contributed by atoms with Gasteiger partial charge in [-0.05, 0) is 69.2 Å². The molecule has 2 amide bonds. The Balaban J connectivity index is 2.07. The molecule has 0 aliphatic rings. The molecule has 1 N–H and O–H groups in total. The molecule has 0 fully saturated rings. The summed E-state index contributed by atoms with van der Waals surface area (Å²) in [6.07, 6.45) is 0.715. The zero-order valence-corrected chi connectivity index (χ0v) is 26.6. The molecule has 3 rings (SSSR count). The number of carbonyl (C=O) groups is 2. The fourth-order valence-corrected chi connectivity index (χ4v) is 5.79. The van der Waals surface area contributed by atoms with Crippen molar-refractivity contribution in [2.24, 2.45) is 0 Å². The van der Waals surface area contributed by atoms with Gasteiger partial charge in [0.1, 0.15) is 18.3 Å². The van der Waals surface area contributed by atoms with Gasteiger partial charge in [-0.25, -0.2) is 8.42 Å². The van der Waals surface area contributed by atoms with Crippen LogP contribution in [-0.2, 0) is 26.2 Å². The van der Waals surface area contributed by atoms with Crippen LogP contribution in [0.3, 0.4) is 0 Å². The molecule has 3 aromatic rings. The van der Waals surface area contributed by atoms with Crippen LogP contribution < -0.4 is 23.8 Å². The van der Waals surface area contributed by atoms with Gasteiger partial charge in [0, 0.05) is 18.7 Å². The van der Waals surface area contributed by atoms with Gasteiger partial charge in [-0.1, -0.05) is 36.8 Å². The molecule has 0 bridgehead atoms. The fourth-order valence-electron chi connectivity index (χ4n) is 4.36. The Kier molecular flexibility index (Phi) is 11.4. The minimum atomic E-state index is -4.28. The molecule has 2 atom stereocenters. The molecule has 0 aromatic heterocycles. The number of hydrogen-bond acceptors (Lipinski definition) is 7. The standard InChI is InChI=1S/C32H41N3O7S/c1-8-23(3)33-32(37)24(4)34(20-25-10-9-11-27(18-25)40-5)31(36)21-35(26-14-12-22(2)13-15-26)43(38,39)28-16-17-29(41-6)30(19-28)42-7/h9-19,23-24H,8,20-21H2,1-7H3,(H,33,37). The van der Waals surface area contributed by atoms with Crippen LogP contribution in [0.1, 0.15) is 38.3 Å². The Bertz CT molecular complexity index is 1510. The quantitative estimate of drug-likeness (QED) is 0.285. The molecule has 0 radical (unpaired) electrons. The molecule has 43 heavy (non-hydrogen) atoms. The lowest BCUT2D eigenvalue weighted by Crippen LogP contribution is -2.52. The van der Waals surface area contributed by atoms with Gasteiger partial charge in [0.05, 0.1) is 31.9 Å². The van der Waals surface area contributed by atoms with Crippen molar-refractivity contribution in [1.29, 1.82) is 0 Å². The number of amides is 2. The predicted octanol–water partition coefficient (Wildman–Crippen LogP) is 4.55. The van der Waals surface area contributed by atoms with E-state index in [1.807, 2.05) is 26.8 Å². The average Bonchev–Trinajstić information content (AvgIpc) is 3.01. The maximum atomic E-state index is 14.1. The lowest BCUT2D eigenvalue weighted by Gasteiger charge is -2.32. The van der Waals surface area contributed by atoms with Crippen LogP contribution in [-0.4, -0.2) is 65.1 Å².